The largest absolute Gasteiger partial charge is 1.00 e. The van der Waals surface area contributed by atoms with Crippen molar-refractivity contribution < 1.29 is 48.1 Å². The minimum absolute atomic E-state index is 0. The molecule has 0 spiro atoms. The van der Waals surface area contributed by atoms with Crippen molar-refractivity contribution in [2.45, 2.75) is 32.9 Å². The van der Waals surface area contributed by atoms with Gasteiger partial charge in [0.15, 0.2) is 0 Å². The van der Waals surface area contributed by atoms with Crippen molar-refractivity contribution in [1.82, 2.24) is 0 Å². The van der Waals surface area contributed by atoms with Gasteiger partial charge in [-0.25, -0.2) is 0 Å². The summed E-state index contributed by atoms with van der Waals surface area (Å²) in [6, 6.07) is 27.8. The molecular formula is C23H26Cl2SiZr-2. The zero-order valence-electron chi connectivity index (χ0n) is 16.2. The van der Waals surface area contributed by atoms with Crippen LogP contribution < -0.4 is 24.8 Å². The first-order valence-corrected chi connectivity index (χ1v) is 15.1. The Bertz CT molecular complexity index is 857. The smallest absolute Gasteiger partial charge is 0.0809 e. The van der Waals surface area contributed by atoms with E-state index in [-0.39, 0.29) is 30.2 Å². The summed E-state index contributed by atoms with van der Waals surface area (Å²) in [6.07, 6.45) is 2.44. The molecule has 4 heteroatoms. The molecular weight excluding hydrogens is 466 g/mol. The number of fused-ring (bicyclic) bond motifs is 2. The summed E-state index contributed by atoms with van der Waals surface area (Å²) < 4.78 is 0. The van der Waals surface area contributed by atoms with E-state index in [0.717, 1.165) is 0 Å². The summed E-state index contributed by atoms with van der Waals surface area (Å²) >= 11 is 1.74. The maximum atomic E-state index is 2.31. The Labute approximate surface area is 191 Å². The van der Waals surface area contributed by atoms with Gasteiger partial charge in [0.05, 0.1) is 0 Å². The molecule has 0 fully saturated rings. The molecule has 4 aromatic rings. The SMILES string of the molecule is CCCc1cc2ccccc2[cH-]1.C[Si](C)=[Zr+2].[Cl-].[Cl-].c1ccc2[cH-]ccc2c1. The Morgan fingerprint density at radius 1 is 0.852 bits per heavy atom. The fraction of sp³-hybridized carbons (Fsp3) is 0.217. The quantitative estimate of drug-likeness (QED) is 0.288. The van der Waals surface area contributed by atoms with Crippen LogP contribution in [0.5, 0.6) is 0 Å². The number of rotatable bonds is 2. The monoisotopic (exact) mass is 490 g/mol. The predicted octanol–water partition coefficient (Wildman–Crippen LogP) is 0.862. The van der Waals surface area contributed by atoms with E-state index in [9.17, 15) is 0 Å². The van der Waals surface area contributed by atoms with Gasteiger partial charge >= 0.3 is 41.9 Å². The van der Waals surface area contributed by atoms with Gasteiger partial charge in [-0.3, -0.25) is 0 Å². The van der Waals surface area contributed by atoms with Crippen LogP contribution in [0.2, 0.25) is 13.1 Å². The summed E-state index contributed by atoms with van der Waals surface area (Å²) in [6.45, 7) is 6.84. The molecule has 0 radical (unpaired) electrons. The molecule has 0 aliphatic heterocycles. The van der Waals surface area contributed by atoms with Crippen LogP contribution in [0.1, 0.15) is 18.9 Å². The Hall–Kier alpha value is -0.660. The average Bonchev–Trinajstić information content (AvgIpc) is 3.21. The predicted molar refractivity (Wildman–Crippen MR) is 111 cm³/mol. The Morgan fingerprint density at radius 3 is 1.96 bits per heavy atom. The fourth-order valence-electron chi connectivity index (χ4n) is 2.72. The second-order valence-corrected chi connectivity index (χ2v) is 15.8. The zero-order valence-corrected chi connectivity index (χ0v) is 21.1. The van der Waals surface area contributed by atoms with Crippen molar-refractivity contribution in [3.63, 3.8) is 0 Å². The van der Waals surface area contributed by atoms with Gasteiger partial charge < -0.3 is 24.8 Å². The Kier molecular flexibility index (Phi) is 14.0. The molecule has 0 aliphatic carbocycles. The topological polar surface area (TPSA) is 0 Å². The molecule has 0 bridgehead atoms. The van der Waals surface area contributed by atoms with Gasteiger partial charge in [0.25, 0.3) is 0 Å². The third-order valence-corrected chi connectivity index (χ3v) is 3.76. The van der Waals surface area contributed by atoms with E-state index in [1.165, 1.54) is 39.9 Å². The molecule has 0 heterocycles. The minimum atomic E-state index is 0. The van der Waals surface area contributed by atoms with Crippen molar-refractivity contribution in [2.24, 2.45) is 0 Å². The van der Waals surface area contributed by atoms with Gasteiger partial charge in [-0.2, -0.15) is 23.6 Å². The summed E-state index contributed by atoms with van der Waals surface area (Å²) in [5.41, 5.74) is 1.68. The summed E-state index contributed by atoms with van der Waals surface area (Å²) in [7, 11) is 0. The Morgan fingerprint density at radius 2 is 1.41 bits per heavy atom. The molecule has 27 heavy (non-hydrogen) atoms. The van der Waals surface area contributed by atoms with Gasteiger partial charge in [-0.1, -0.05) is 25.5 Å². The summed E-state index contributed by atoms with van der Waals surface area (Å²) in [5, 5.41) is 5.41. The molecule has 142 valence electrons. The second-order valence-electron chi connectivity index (χ2n) is 6.40. The van der Waals surface area contributed by atoms with Crippen molar-refractivity contribution >= 4 is 27.0 Å². The van der Waals surface area contributed by atoms with Gasteiger partial charge in [-0.05, 0) is 6.42 Å². The molecule has 0 unspecified atom stereocenters. The van der Waals surface area contributed by atoms with Gasteiger partial charge in [0, 0.05) is 0 Å². The number of aryl methyl sites for hydroxylation is 1. The van der Waals surface area contributed by atoms with Gasteiger partial charge in [-0.15, -0.1) is 70.3 Å². The van der Waals surface area contributed by atoms with E-state index in [4.69, 9.17) is 0 Å². The average molecular weight is 493 g/mol. The van der Waals surface area contributed by atoms with E-state index in [1.54, 1.807) is 23.3 Å². The number of halogens is 2. The molecule has 0 saturated heterocycles. The van der Waals surface area contributed by atoms with Crippen LogP contribution in [0, 0.1) is 0 Å². The number of hydrogen-bond acceptors (Lipinski definition) is 0. The first kappa shape index (κ1) is 26.3. The summed E-state index contributed by atoms with van der Waals surface area (Å²) in [5.74, 6) is 0. The van der Waals surface area contributed by atoms with Crippen LogP contribution in [0.3, 0.4) is 0 Å². The minimum Gasteiger partial charge on any atom is -1.00 e. The van der Waals surface area contributed by atoms with Crippen molar-refractivity contribution in [1.29, 1.82) is 0 Å². The van der Waals surface area contributed by atoms with Crippen molar-refractivity contribution in [3.8, 4) is 0 Å². The van der Waals surface area contributed by atoms with Crippen LogP contribution >= 0.6 is 0 Å². The van der Waals surface area contributed by atoms with E-state index >= 15 is 0 Å². The van der Waals surface area contributed by atoms with E-state index < -0.39 is 0 Å². The molecule has 4 rings (SSSR count). The molecule has 4 aromatic carbocycles. The number of benzene rings is 2. The molecule has 0 saturated carbocycles. The van der Waals surface area contributed by atoms with Gasteiger partial charge in [0.2, 0.25) is 0 Å². The number of hydrogen-bond donors (Lipinski definition) is 0. The first-order chi connectivity index (χ1) is 12.1. The van der Waals surface area contributed by atoms with Crippen LogP contribution in [-0.2, 0) is 29.8 Å². The van der Waals surface area contributed by atoms with E-state index in [0.29, 0.717) is 0 Å². The normalized spacial score (nSPS) is 9.22. The summed E-state index contributed by atoms with van der Waals surface area (Å²) in [4.78, 5) is 0. The zero-order chi connectivity index (χ0) is 18.1. The molecule has 0 N–H and O–H groups in total. The maximum Gasteiger partial charge on any atom is -0.0809 e. The standard InChI is InChI=1S/C12H13.C9H7.C2H6Si.2ClH.Zr/c1-2-5-10-8-11-6-3-4-7-12(11)9-10;1-2-5-9-7-3-6-8(9)4-1;1-3-2;;;/h3-4,6-9H,2,5H2,1H3;1-7H;1-2H3;2*1H;/q2*-1;;;;+2/p-2. The second kappa shape index (κ2) is 14.4. The van der Waals surface area contributed by atoms with Crippen LogP contribution in [0.15, 0.2) is 78.9 Å². The first-order valence-electron chi connectivity index (χ1n) is 8.86. The van der Waals surface area contributed by atoms with Crippen molar-refractivity contribution in [2.75, 3.05) is 0 Å². The Balaban J connectivity index is 0.000000404. The maximum absolute atomic E-state index is 2.31. The van der Waals surface area contributed by atoms with Crippen LogP contribution in [-0.4, -0.2) is 5.43 Å². The van der Waals surface area contributed by atoms with Crippen LogP contribution in [0.25, 0.3) is 21.5 Å². The molecule has 0 aromatic heterocycles. The van der Waals surface area contributed by atoms with Gasteiger partial charge in [0.1, 0.15) is 0 Å². The van der Waals surface area contributed by atoms with E-state index in [1.807, 2.05) is 0 Å². The molecule has 0 nitrogen and oxygen atoms in total. The fourth-order valence-corrected chi connectivity index (χ4v) is 2.72. The van der Waals surface area contributed by atoms with Crippen molar-refractivity contribution in [3.05, 3.63) is 84.4 Å². The molecule has 0 amide bonds. The third-order valence-electron chi connectivity index (χ3n) is 3.76. The van der Waals surface area contributed by atoms with Crippen LogP contribution in [0.4, 0.5) is 0 Å². The van der Waals surface area contributed by atoms with E-state index in [2.05, 4.69) is 98.9 Å². The molecule has 0 aliphatic rings. The third kappa shape index (κ3) is 9.39. The molecule has 0 atom stereocenters.